The highest BCUT2D eigenvalue weighted by Gasteiger charge is 2.32. The summed E-state index contributed by atoms with van der Waals surface area (Å²) in [6, 6.07) is 3.09. The van der Waals surface area contributed by atoms with Crippen molar-refractivity contribution >= 4 is 22.4 Å². The quantitative estimate of drug-likeness (QED) is 0.662. The fourth-order valence-electron chi connectivity index (χ4n) is 2.26. The highest BCUT2D eigenvalue weighted by Crippen LogP contribution is 2.37. The van der Waals surface area contributed by atoms with Crippen molar-refractivity contribution in [3.63, 3.8) is 0 Å². The van der Waals surface area contributed by atoms with Gasteiger partial charge in [-0.25, -0.2) is 4.63 Å². The van der Waals surface area contributed by atoms with E-state index in [9.17, 15) is 10.1 Å². The number of benzene rings is 1. The van der Waals surface area contributed by atoms with Gasteiger partial charge in [0.25, 0.3) is 0 Å². The summed E-state index contributed by atoms with van der Waals surface area (Å²) in [5, 5.41) is 21.6. The molecule has 7 nitrogen and oxygen atoms in total. The highest BCUT2D eigenvalue weighted by atomic mass is 16.6. The van der Waals surface area contributed by atoms with E-state index in [-0.39, 0.29) is 16.7 Å². The van der Waals surface area contributed by atoms with Gasteiger partial charge < -0.3 is 5.32 Å². The molecule has 1 aromatic carbocycles. The van der Waals surface area contributed by atoms with Crippen LogP contribution in [-0.4, -0.2) is 20.8 Å². The van der Waals surface area contributed by atoms with E-state index in [1.807, 2.05) is 0 Å². The molecule has 1 fully saturated rings. The number of anilines is 1. The maximum Gasteiger partial charge on any atom is 0.300 e. The summed E-state index contributed by atoms with van der Waals surface area (Å²) >= 11 is 0. The number of rotatable bonds is 3. The third-order valence-corrected chi connectivity index (χ3v) is 3.48. The second-order valence-electron chi connectivity index (χ2n) is 4.89. The molecule has 2 aromatic rings. The van der Waals surface area contributed by atoms with Gasteiger partial charge in [0.1, 0.15) is 0 Å². The number of nitrogens with one attached hydrogen (secondary N) is 1. The summed E-state index contributed by atoms with van der Waals surface area (Å²) in [6.45, 7) is 2.12. The zero-order valence-corrected chi connectivity index (χ0v) is 9.84. The Kier molecular flexibility index (Phi) is 2.22. The predicted octanol–water partition coefficient (Wildman–Crippen LogP) is 2.49. The van der Waals surface area contributed by atoms with Crippen molar-refractivity contribution in [1.29, 1.82) is 0 Å². The van der Waals surface area contributed by atoms with Gasteiger partial charge in [0.2, 0.25) is 5.52 Å². The number of hydrogen-bond donors (Lipinski definition) is 1. The Bertz CT molecular complexity index is 618. The van der Waals surface area contributed by atoms with E-state index in [4.69, 9.17) is 0 Å². The van der Waals surface area contributed by atoms with Gasteiger partial charge in [0, 0.05) is 11.6 Å². The van der Waals surface area contributed by atoms with Gasteiger partial charge in [-0.2, -0.15) is 0 Å². The zero-order chi connectivity index (χ0) is 12.8. The Hall–Kier alpha value is -2.18. The Balaban J connectivity index is 2.06. The Morgan fingerprint density at radius 1 is 1.39 bits per heavy atom. The molecule has 0 spiro atoms. The van der Waals surface area contributed by atoms with Crippen LogP contribution in [0.5, 0.6) is 0 Å². The van der Waals surface area contributed by atoms with Crippen LogP contribution in [0.2, 0.25) is 0 Å². The monoisotopic (exact) mass is 248 g/mol. The normalized spacial score (nSPS) is 17.4. The molecule has 1 N–H and O–H groups in total. The minimum atomic E-state index is -0.485. The molecule has 0 unspecified atom stereocenters. The van der Waals surface area contributed by atoms with Crippen molar-refractivity contribution in [1.82, 2.24) is 10.3 Å². The van der Waals surface area contributed by atoms with Crippen LogP contribution in [0.15, 0.2) is 16.8 Å². The van der Waals surface area contributed by atoms with Crippen LogP contribution in [0.3, 0.4) is 0 Å². The van der Waals surface area contributed by atoms with Crippen LogP contribution in [-0.2, 0) is 0 Å². The minimum Gasteiger partial charge on any atom is -0.378 e. The molecule has 1 aliphatic rings. The standard InChI is InChI=1S/C11H12N4O3/c1-11(5-2-6-11)12-7-3-4-8(15(16)17)10-9(7)13-18-14-10/h3-4,12H,2,5-6H2,1H3. The molecule has 0 bridgehead atoms. The van der Waals surface area contributed by atoms with Crippen molar-refractivity contribution in [2.75, 3.05) is 5.32 Å². The fourth-order valence-corrected chi connectivity index (χ4v) is 2.26. The summed E-state index contributed by atoms with van der Waals surface area (Å²) in [5.41, 5.74) is 1.29. The van der Waals surface area contributed by atoms with Crippen molar-refractivity contribution in [3.05, 3.63) is 22.2 Å². The number of hydrogen-bond acceptors (Lipinski definition) is 6. The first-order valence-electron chi connectivity index (χ1n) is 5.77. The van der Waals surface area contributed by atoms with E-state index in [0.717, 1.165) is 18.5 Å². The number of nitro groups is 1. The van der Waals surface area contributed by atoms with Crippen molar-refractivity contribution < 1.29 is 9.55 Å². The van der Waals surface area contributed by atoms with Gasteiger partial charge in [-0.1, -0.05) is 0 Å². The largest absolute Gasteiger partial charge is 0.378 e. The molecule has 94 valence electrons. The van der Waals surface area contributed by atoms with Gasteiger partial charge >= 0.3 is 5.69 Å². The molecule has 0 saturated heterocycles. The molecule has 0 aliphatic heterocycles. The Labute approximate surface area is 102 Å². The molecule has 1 aliphatic carbocycles. The molecule has 0 radical (unpaired) electrons. The topological polar surface area (TPSA) is 94.1 Å². The summed E-state index contributed by atoms with van der Waals surface area (Å²) in [5.74, 6) is 0. The van der Waals surface area contributed by atoms with Crippen LogP contribution in [0.25, 0.3) is 11.0 Å². The Morgan fingerprint density at radius 3 is 2.72 bits per heavy atom. The van der Waals surface area contributed by atoms with Crippen molar-refractivity contribution in [2.24, 2.45) is 0 Å². The average molecular weight is 248 g/mol. The number of non-ortho nitro benzene ring substituents is 1. The van der Waals surface area contributed by atoms with E-state index in [1.165, 1.54) is 12.5 Å². The molecule has 0 amide bonds. The Morgan fingerprint density at radius 2 is 2.11 bits per heavy atom. The summed E-state index contributed by atoms with van der Waals surface area (Å²) in [6.07, 6.45) is 3.35. The predicted molar refractivity (Wildman–Crippen MR) is 64.3 cm³/mol. The third-order valence-electron chi connectivity index (χ3n) is 3.48. The van der Waals surface area contributed by atoms with Crippen LogP contribution in [0.4, 0.5) is 11.4 Å². The van der Waals surface area contributed by atoms with Gasteiger partial charge in [-0.15, -0.1) is 0 Å². The summed E-state index contributed by atoms with van der Waals surface area (Å²) in [7, 11) is 0. The maximum absolute atomic E-state index is 10.9. The lowest BCUT2D eigenvalue weighted by Crippen LogP contribution is -2.41. The van der Waals surface area contributed by atoms with Crippen LogP contribution >= 0.6 is 0 Å². The molecular formula is C11H12N4O3. The van der Waals surface area contributed by atoms with Gasteiger partial charge in [-0.05, 0) is 42.6 Å². The summed E-state index contributed by atoms with van der Waals surface area (Å²) in [4.78, 5) is 10.4. The van der Waals surface area contributed by atoms with E-state index in [0.29, 0.717) is 5.52 Å². The minimum absolute atomic E-state index is 0.0437. The molecule has 1 aromatic heterocycles. The molecule has 3 rings (SSSR count). The van der Waals surface area contributed by atoms with Gasteiger partial charge in [-0.3, -0.25) is 10.1 Å². The van der Waals surface area contributed by atoms with Crippen molar-refractivity contribution in [3.8, 4) is 0 Å². The van der Waals surface area contributed by atoms with Crippen LogP contribution < -0.4 is 5.32 Å². The van der Waals surface area contributed by atoms with Gasteiger partial charge in [0.05, 0.1) is 10.6 Å². The second kappa shape index (κ2) is 3.66. The smallest absolute Gasteiger partial charge is 0.300 e. The van der Waals surface area contributed by atoms with Gasteiger partial charge in [0.15, 0.2) is 5.52 Å². The van der Waals surface area contributed by atoms with Crippen molar-refractivity contribution in [2.45, 2.75) is 31.7 Å². The molecule has 7 heteroatoms. The molecule has 1 heterocycles. The molecular weight excluding hydrogens is 236 g/mol. The number of aromatic nitrogens is 2. The first kappa shape index (κ1) is 10.9. The average Bonchev–Trinajstić information content (AvgIpc) is 2.76. The number of nitro benzene ring substituents is 1. The van der Waals surface area contributed by atoms with Crippen LogP contribution in [0, 0.1) is 10.1 Å². The van der Waals surface area contributed by atoms with E-state index in [1.54, 1.807) is 6.07 Å². The molecule has 1 saturated carbocycles. The van der Waals surface area contributed by atoms with E-state index in [2.05, 4.69) is 27.2 Å². The first-order valence-corrected chi connectivity index (χ1v) is 5.77. The number of nitrogens with zero attached hydrogens (tertiary/aromatic N) is 3. The lowest BCUT2D eigenvalue weighted by molar-refractivity contribution is -0.383. The summed E-state index contributed by atoms with van der Waals surface area (Å²) < 4.78 is 4.62. The van der Waals surface area contributed by atoms with E-state index < -0.39 is 4.92 Å². The maximum atomic E-state index is 10.9. The number of fused-ring (bicyclic) bond motifs is 1. The third kappa shape index (κ3) is 1.59. The molecule has 18 heavy (non-hydrogen) atoms. The first-order chi connectivity index (χ1) is 8.59. The lowest BCUT2D eigenvalue weighted by atomic mass is 9.78. The van der Waals surface area contributed by atoms with E-state index >= 15 is 0 Å². The highest BCUT2D eigenvalue weighted by molar-refractivity contribution is 5.93. The second-order valence-corrected chi connectivity index (χ2v) is 4.89. The SMILES string of the molecule is CC1(Nc2ccc([N+](=O)[O-])c3nonc23)CCC1. The van der Waals surface area contributed by atoms with Crippen LogP contribution in [0.1, 0.15) is 26.2 Å². The fraction of sp³-hybridized carbons (Fsp3) is 0.455. The molecule has 0 atom stereocenters. The zero-order valence-electron chi connectivity index (χ0n) is 9.84. The lowest BCUT2D eigenvalue weighted by Gasteiger charge is -2.40.